The molecule has 5 nitrogen and oxygen atoms in total. The molecule has 0 saturated heterocycles. The summed E-state index contributed by atoms with van der Waals surface area (Å²) in [6.45, 7) is 2.00. The number of fused-ring (bicyclic) bond motifs is 1. The maximum absolute atomic E-state index is 12.5. The van der Waals surface area contributed by atoms with E-state index in [1.807, 2.05) is 54.8 Å². The zero-order valence-electron chi connectivity index (χ0n) is 20.3. The zero-order valence-corrected chi connectivity index (χ0v) is 21.9. The van der Waals surface area contributed by atoms with Gasteiger partial charge in [-0.2, -0.15) is 0 Å². The van der Waals surface area contributed by atoms with Gasteiger partial charge >= 0.3 is 0 Å². The van der Waals surface area contributed by atoms with Crippen LogP contribution in [-0.2, 0) is 0 Å². The van der Waals surface area contributed by atoms with Gasteiger partial charge in [-0.25, -0.2) is 4.98 Å². The van der Waals surface area contributed by atoms with Crippen molar-refractivity contribution < 1.29 is 4.79 Å². The standard InChI is InChI=1S/C29H26N4OS2/c1-19-13-15-20(16-14-19)28(34)31-29-30-25(18-35-29)21-7-4-8-22(17-21)32-36-27-12-6-9-23-24(27)10-5-11-26(23)33(2)3/h4-18,32H,1-3H3,(H,30,31,34). The molecule has 1 heterocycles. The number of amides is 1. The lowest BCUT2D eigenvalue weighted by atomic mass is 10.1. The number of nitrogens with one attached hydrogen (secondary N) is 2. The van der Waals surface area contributed by atoms with Crippen LogP contribution in [0.1, 0.15) is 15.9 Å². The summed E-state index contributed by atoms with van der Waals surface area (Å²) in [6.07, 6.45) is 0. The summed E-state index contributed by atoms with van der Waals surface area (Å²) in [5.41, 5.74) is 5.73. The molecule has 0 atom stereocenters. The molecule has 1 amide bonds. The molecule has 0 unspecified atom stereocenters. The minimum atomic E-state index is -0.157. The molecule has 0 radical (unpaired) electrons. The molecule has 0 spiro atoms. The predicted octanol–water partition coefficient (Wildman–Crippen LogP) is 7.71. The van der Waals surface area contributed by atoms with Crippen molar-refractivity contribution in [3.8, 4) is 11.3 Å². The maximum atomic E-state index is 12.5. The Labute approximate surface area is 219 Å². The van der Waals surface area contributed by atoms with E-state index in [4.69, 9.17) is 0 Å². The summed E-state index contributed by atoms with van der Waals surface area (Å²) in [5, 5.41) is 7.89. The Hall–Kier alpha value is -3.81. The summed E-state index contributed by atoms with van der Waals surface area (Å²) in [7, 11) is 4.13. The number of hydrogen-bond donors (Lipinski definition) is 2. The number of carbonyl (C=O) groups is 1. The van der Waals surface area contributed by atoms with Crippen molar-refractivity contribution >= 4 is 56.5 Å². The molecular formula is C29H26N4OS2. The van der Waals surface area contributed by atoms with Gasteiger partial charge in [-0.1, -0.05) is 54.1 Å². The third-order valence-electron chi connectivity index (χ3n) is 5.82. The van der Waals surface area contributed by atoms with Crippen molar-refractivity contribution in [2.24, 2.45) is 0 Å². The van der Waals surface area contributed by atoms with Crippen molar-refractivity contribution in [1.29, 1.82) is 0 Å². The summed E-state index contributed by atoms with van der Waals surface area (Å²) in [4.78, 5) is 20.5. The van der Waals surface area contributed by atoms with Gasteiger partial charge in [0, 0.05) is 52.3 Å². The van der Waals surface area contributed by atoms with Gasteiger partial charge in [0.05, 0.1) is 5.69 Å². The highest BCUT2D eigenvalue weighted by atomic mass is 32.2. The summed E-state index contributed by atoms with van der Waals surface area (Å²) in [5.74, 6) is -0.157. The summed E-state index contributed by atoms with van der Waals surface area (Å²) < 4.78 is 3.49. The Bertz CT molecular complexity index is 1530. The molecule has 0 bridgehead atoms. The number of anilines is 3. The molecule has 0 aliphatic carbocycles. The number of nitrogens with zero attached hydrogens (tertiary/aromatic N) is 2. The van der Waals surface area contributed by atoms with Gasteiger partial charge in [-0.15, -0.1) is 11.3 Å². The number of carbonyl (C=O) groups excluding carboxylic acids is 1. The molecule has 5 aromatic rings. The van der Waals surface area contributed by atoms with Crippen LogP contribution in [0.2, 0.25) is 0 Å². The van der Waals surface area contributed by atoms with Crippen LogP contribution in [0.15, 0.2) is 95.2 Å². The lowest BCUT2D eigenvalue weighted by molar-refractivity contribution is 0.102. The molecule has 2 N–H and O–H groups in total. The SMILES string of the molecule is Cc1ccc(C(=O)Nc2nc(-c3cccc(NSc4cccc5c(N(C)C)cccc45)c3)cs2)cc1. The fraction of sp³-hybridized carbons (Fsp3) is 0.103. The Kier molecular flexibility index (Phi) is 6.93. The van der Waals surface area contributed by atoms with Crippen LogP contribution in [0, 0.1) is 6.92 Å². The Morgan fingerprint density at radius 1 is 0.917 bits per heavy atom. The van der Waals surface area contributed by atoms with Crippen molar-refractivity contribution in [2.45, 2.75) is 11.8 Å². The molecule has 0 aliphatic rings. The summed E-state index contributed by atoms with van der Waals surface area (Å²) >= 11 is 3.02. The lowest BCUT2D eigenvalue weighted by Crippen LogP contribution is -2.11. The van der Waals surface area contributed by atoms with E-state index in [2.05, 4.69) is 76.5 Å². The van der Waals surface area contributed by atoms with Crippen LogP contribution in [-0.4, -0.2) is 25.0 Å². The van der Waals surface area contributed by atoms with E-state index in [1.165, 1.54) is 27.8 Å². The van der Waals surface area contributed by atoms with Gasteiger partial charge in [0.1, 0.15) is 0 Å². The molecule has 0 aliphatic heterocycles. The molecule has 180 valence electrons. The first-order valence-corrected chi connectivity index (χ1v) is 13.2. The zero-order chi connectivity index (χ0) is 25.1. The van der Waals surface area contributed by atoms with Crippen LogP contribution >= 0.6 is 23.3 Å². The highest BCUT2D eigenvalue weighted by Crippen LogP contribution is 2.34. The fourth-order valence-electron chi connectivity index (χ4n) is 3.94. The van der Waals surface area contributed by atoms with Crippen LogP contribution in [0.5, 0.6) is 0 Å². The van der Waals surface area contributed by atoms with Crippen molar-refractivity contribution in [3.63, 3.8) is 0 Å². The molecule has 36 heavy (non-hydrogen) atoms. The van der Waals surface area contributed by atoms with E-state index in [1.54, 1.807) is 11.9 Å². The molecule has 4 aromatic carbocycles. The van der Waals surface area contributed by atoms with E-state index < -0.39 is 0 Å². The molecule has 5 rings (SSSR count). The van der Waals surface area contributed by atoms with E-state index in [0.29, 0.717) is 10.7 Å². The minimum absolute atomic E-state index is 0.157. The first kappa shape index (κ1) is 23.9. The Morgan fingerprint density at radius 2 is 1.67 bits per heavy atom. The van der Waals surface area contributed by atoms with Gasteiger partial charge in [-0.3, -0.25) is 10.1 Å². The number of benzene rings is 4. The molecule has 7 heteroatoms. The van der Waals surface area contributed by atoms with E-state index in [-0.39, 0.29) is 5.91 Å². The van der Waals surface area contributed by atoms with Crippen molar-refractivity contribution in [1.82, 2.24) is 4.98 Å². The van der Waals surface area contributed by atoms with E-state index >= 15 is 0 Å². The number of hydrogen-bond acceptors (Lipinski definition) is 6. The van der Waals surface area contributed by atoms with Gasteiger partial charge in [0.15, 0.2) is 5.13 Å². The lowest BCUT2D eigenvalue weighted by Gasteiger charge is -2.17. The van der Waals surface area contributed by atoms with Gasteiger partial charge in [0.25, 0.3) is 5.91 Å². The van der Waals surface area contributed by atoms with Crippen LogP contribution in [0.3, 0.4) is 0 Å². The number of aromatic nitrogens is 1. The van der Waals surface area contributed by atoms with Crippen molar-refractivity contribution in [2.75, 3.05) is 29.0 Å². The number of rotatable bonds is 7. The molecule has 0 saturated carbocycles. The first-order chi connectivity index (χ1) is 17.5. The summed E-state index contributed by atoms with van der Waals surface area (Å²) in [6, 6.07) is 28.4. The van der Waals surface area contributed by atoms with Gasteiger partial charge in [-0.05, 0) is 60.7 Å². The van der Waals surface area contributed by atoms with E-state index in [9.17, 15) is 4.79 Å². The molecule has 0 fully saturated rings. The smallest absolute Gasteiger partial charge is 0.257 e. The molecule has 1 aromatic heterocycles. The highest BCUT2D eigenvalue weighted by Gasteiger charge is 2.11. The van der Waals surface area contributed by atoms with Gasteiger partial charge < -0.3 is 9.62 Å². The van der Waals surface area contributed by atoms with E-state index in [0.717, 1.165) is 27.4 Å². The van der Waals surface area contributed by atoms with Crippen LogP contribution in [0.4, 0.5) is 16.5 Å². The average molecular weight is 511 g/mol. The first-order valence-electron chi connectivity index (χ1n) is 11.5. The topological polar surface area (TPSA) is 57.3 Å². The van der Waals surface area contributed by atoms with Crippen LogP contribution in [0.25, 0.3) is 22.0 Å². The normalized spacial score (nSPS) is 10.9. The van der Waals surface area contributed by atoms with Crippen LogP contribution < -0.4 is 14.9 Å². The minimum Gasteiger partial charge on any atom is -0.377 e. The number of thiazole rings is 1. The fourth-order valence-corrected chi connectivity index (χ4v) is 5.44. The predicted molar refractivity (Wildman–Crippen MR) is 154 cm³/mol. The van der Waals surface area contributed by atoms with Crippen molar-refractivity contribution in [3.05, 3.63) is 101 Å². The maximum Gasteiger partial charge on any atom is 0.257 e. The Morgan fingerprint density at radius 3 is 2.47 bits per heavy atom. The van der Waals surface area contributed by atoms with Gasteiger partial charge in [0.2, 0.25) is 0 Å². The molecular weight excluding hydrogens is 484 g/mol. The quantitative estimate of drug-likeness (QED) is 0.220. The second-order valence-corrected chi connectivity index (χ2v) is 10.4. The second kappa shape index (κ2) is 10.4. The monoisotopic (exact) mass is 510 g/mol. The number of aryl methyl sites for hydroxylation is 1. The third kappa shape index (κ3) is 5.22. The average Bonchev–Trinajstić information content (AvgIpc) is 3.36. The highest BCUT2D eigenvalue weighted by molar-refractivity contribution is 8.00. The third-order valence-corrected chi connectivity index (χ3v) is 7.49. The second-order valence-electron chi connectivity index (χ2n) is 8.67. The largest absolute Gasteiger partial charge is 0.377 e. The Balaban J connectivity index is 1.30.